The summed E-state index contributed by atoms with van der Waals surface area (Å²) < 4.78 is 5.07. The summed E-state index contributed by atoms with van der Waals surface area (Å²) in [6.45, 7) is 8.74. The van der Waals surface area contributed by atoms with Gasteiger partial charge >= 0.3 is 5.97 Å². The molecule has 0 bridgehead atoms. The summed E-state index contributed by atoms with van der Waals surface area (Å²) in [5.74, 6) is 0.317. The van der Waals surface area contributed by atoms with Gasteiger partial charge in [0, 0.05) is 6.42 Å². The molecule has 0 saturated heterocycles. The van der Waals surface area contributed by atoms with Gasteiger partial charge in [-0.1, -0.05) is 25.5 Å². The number of esters is 1. The molecule has 0 rings (SSSR count). The number of unbranched alkanes of at least 4 members (excludes halogenated alkanes) is 1. The highest BCUT2D eigenvalue weighted by molar-refractivity contribution is 5.69. The fourth-order valence-corrected chi connectivity index (χ4v) is 1.05. The predicted octanol–water partition coefficient (Wildman–Crippen LogP) is 3.32. The van der Waals surface area contributed by atoms with Gasteiger partial charge in [0.05, 0.1) is 6.61 Å². The summed E-state index contributed by atoms with van der Waals surface area (Å²) in [6, 6.07) is 0. The number of carbonyl (C=O) groups excluding carboxylic acids is 1. The third-order valence-electron chi connectivity index (χ3n) is 1.74. The average molecular weight is 198 g/mol. The maximum atomic E-state index is 11.1. The van der Waals surface area contributed by atoms with Crippen LogP contribution in [0.2, 0.25) is 0 Å². The van der Waals surface area contributed by atoms with Crippen LogP contribution in [0.3, 0.4) is 0 Å². The second kappa shape index (κ2) is 7.60. The van der Waals surface area contributed by atoms with E-state index in [0.29, 0.717) is 18.9 Å². The molecule has 0 heterocycles. The minimum Gasteiger partial charge on any atom is -0.466 e. The Morgan fingerprint density at radius 3 is 2.50 bits per heavy atom. The van der Waals surface area contributed by atoms with Gasteiger partial charge in [-0.3, -0.25) is 4.79 Å². The molecule has 0 saturated carbocycles. The zero-order valence-corrected chi connectivity index (χ0v) is 9.80. The van der Waals surface area contributed by atoms with E-state index in [0.717, 1.165) is 12.8 Å². The fraction of sp³-hybridized carbons (Fsp3) is 0.750. The lowest BCUT2D eigenvalue weighted by atomic mass is 10.1. The lowest BCUT2D eigenvalue weighted by Gasteiger charge is -2.05. The first-order valence-electron chi connectivity index (χ1n) is 5.31. The van der Waals surface area contributed by atoms with E-state index >= 15 is 0 Å². The second-order valence-electron chi connectivity index (χ2n) is 4.24. The normalized spacial score (nSPS) is 10.1. The van der Waals surface area contributed by atoms with Crippen LogP contribution < -0.4 is 0 Å². The molecular weight excluding hydrogens is 176 g/mol. The van der Waals surface area contributed by atoms with Gasteiger partial charge in [0.15, 0.2) is 0 Å². The smallest absolute Gasteiger partial charge is 0.306 e. The van der Waals surface area contributed by atoms with Crippen LogP contribution in [-0.2, 0) is 9.53 Å². The first-order chi connectivity index (χ1) is 6.52. The van der Waals surface area contributed by atoms with Gasteiger partial charge in [0.2, 0.25) is 0 Å². The Bertz CT molecular complexity index is 188. The van der Waals surface area contributed by atoms with Gasteiger partial charge in [-0.25, -0.2) is 0 Å². The van der Waals surface area contributed by atoms with Crippen LogP contribution in [0.15, 0.2) is 11.6 Å². The Hall–Kier alpha value is -0.790. The Morgan fingerprint density at radius 1 is 1.36 bits per heavy atom. The Balaban J connectivity index is 3.36. The van der Waals surface area contributed by atoms with Crippen LogP contribution in [0, 0.1) is 5.92 Å². The molecule has 14 heavy (non-hydrogen) atoms. The second-order valence-corrected chi connectivity index (χ2v) is 4.24. The number of rotatable bonds is 6. The molecule has 0 aliphatic heterocycles. The largest absolute Gasteiger partial charge is 0.466 e. The minimum absolute atomic E-state index is 0.0720. The van der Waals surface area contributed by atoms with Crippen molar-refractivity contribution in [3.05, 3.63) is 11.6 Å². The molecule has 2 heteroatoms. The Morgan fingerprint density at radius 2 is 2.00 bits per heavy atom. The molecule has 2 nitrogen and oxygen atoms in total. The summed E-state index contributed by atoms with van der Waals surface area (Å²) in [7, 11) is 0. The topological polar surface area (TPSA) is 26.3 Å². The van der Waals surface area contributed by atoms with Crippen molar-refractivity contribution in [1.82, 2.24) is 0 Å². The zero-order chi connectivity index (χ0) is 11.0. The van der Waals surface area contributed by atoms with E-state index in [9.17, 15) is 4.79 Å². The first-order valence-corrected chi connectivity index (χ1v) is 5.31. The third kappa shape index (κ3) is 9.30. The number of carbonyl (C=O) groups is 1. The van der Waals surface area contributed by atoms with E-state index in [2.05, 4.69) is 19.9 Å². The molecule has 0 aromatic heterocycles. The van der Waals surface area contributed by atoms with Crippen molar-refractivity contribution in [2.24, 2.45) is 5.92 Å². The molecule has 0 spiro atoms. The quantitative estimate of drug-likeness (QED) is 0.372. The van der Waals surface area contributed by atoms with E-state index in [1.807, 2.05) is 13.8 Å². The van der Waals surface area contributed by atoms with Crippen molar-refractivity contribution in [3.63, 3.8) is 0 Å². The molecule has 0 aromatic rings. The van der Waals surface area contributed by atoms with Crippen molar-refractivity contribution in [3.8, 4) is 0 Å². The van der Waals surface area contributed by atoms with Crippen LogP contribution in [0.4, 0.5) is 0 Å². The molecular formula is C12H22O2. The zero-order valence-electron chi connectivity index (χ0n) is 9.80. The van der Waals surface area contributed by atoms with Gasteiger partial charge < -0.3 is 4.74 Å². The maximum absolute atomic E-state index is 11.1. The highest BCUT2D eigenvalue weighted by atomic mass is 16.5. The van der Waals surface area contributed by atoms with E-state index < -0.39 is 0 Å². The molecule has 0 N–H and O–H groups in total. The lowest BCUT2D eigenvalue weighted by molar-refractivity contribution is -0.144. The molecule has 0 aromatic carbocycles. The van der Waals surface area contributed by atoms with Crippen molar-refractivity contribution in [1.29, 1.82) is 0 Å². The predicted molar refractivity (Wildman–Crippen MR) is 59.1 cm³/mol. The third-order valence-corrected chi connectivity index (χ3v) is 1.74. The molecule has 0 fully saturated rings. The lowest BCUT2D eigenvalue weighted by Crippen LogP contribution is -2.08. The molecule has 0 aliphatic rings. The van der Waals surface area contributed by atoms with E-state index in [-0.39, 0.29) is 5.97 Å². The number of allylic oxidation sites excluding steroid dienone is 2. The van der Waals surface area contributed by atoms with Gasteiger partial charge in [0.1, 0.15) is 0 Å². The van der Waals surface area contributed by atoms with E-state index in [1.165, 1.54) is 5.57 Å². The molecule has 0 unspecified atom stereocenters. The van der Waals surface area contributed by atoms with Gasteiger partial charge in [-0.2, -0.15) is 0 Å². The van der Waals surface area contributed by atoms with Crippen molar-refractivity contribution in [2.45, 2.75) is 47.0 Å². The van der Waals surface area contributed by atoms with Crippen molar-refractivity contribution in [2.75, 3.05) is 6.61 Å². The van der Waals surface area contributed by atoms with Crippen LogP contribution in [0.25, 0.3) is 0 Å². The summed E-state index contributed by atoms with van der Waals surface area (Å²) in [5, 5.41) is 0. The van der Waals surface area contributed by atoms with Crippen LogP contribution in [-0.4, -0.2) is 12.6 Å². The summed E-state index contributed by atoms with van der Waals surface area (Å²) in [6.07, 6.45) is 4.62. The minimum atomic E-state index is -0.0720. The Labute approximate surface area is 87.3 Å². The molecule has 82 valence electrons. The van der Waals surface area contributed by atoms with E-state index in [1.54, 1.807) is 0 Å². The van der Waals surface area contributed by atoms with Crippen molar-refractivity contribution >= 4 is 5.97 Å². The monoisotopic (exact) mass is 198 g/mol. The van der Waals surface area contributed by atoms with Gasteiger partial charge in [0.25, 0.3) is 0 Å². The molecule has 0 aliphatic carbocycles. The first kappa shape index (κ1) is 13.2. The fourth-order valence-electron chi connectivity index (χ4n) is 1.05. The van der Waals surface area contributed by atoms with Gasteiger partial charge in [-0.15, -0.1) is 0 Å². The van der Waals surface area contributed by atoms with Crippen LogP contribution in [0.5, 0.6) is 0 Å². The van der Waals surface area contributed by atoms with E-state index in [4.69, 9.17) is 4.74 Å². The number of hydrogen-bond donors (Lipinski definition) is 0. The number of ether oxygens (including phenoxy) is 1. The van der Waals surface area contributed by atoms with Crippen molar-refractivity contribution < 1.29 is 9.53 Å². The number of hydrogen-bond acceptors (Lipinski definition) is 2. The average Bonchev–Trinajstić information content (AvgIpc) is 2.01. The summed E-state index contributed by atoms with van der Waals surface area (Å²) in [5.41, 5.74) is 1.32. The van der Waals surface area contributed by atoms with Gasteiger partial charge in [-0.05, 0) is 32.6 Å². The summed E-state index contributed by atoms with van der Waals surface area (Å²) in [4.78, 5) is 11.1. The SMILES string of the molecule is CC(C)=CCCCOC(=O)CC(C)C. The molecule has 0 radical (unpaired) electrons. The van der Waals surface area contributed by atoms with Crippen LogP contribution in [0.1, 0.15) is 47.0 Å². The standard InChI is InChI=1S/C12H22O2/c1-10(2)7-5-6-8-14-12(13)9-11(3)4/h7,11H,5-6,8-9H2,1-4H3. The van der Waals surface area contributed by atoms with Crippen LogP contribution >= 0.6 is 0 Å². The highest BCUT2D eigenvalue weighted by Gasteiger charge is 2.04. The highest BCUT2D eigenvalue weighted by Crippen LogP contribution is 2.02. The maximum Gasteiger partial charge on any atom is 0.306 e. The molecule has 0 atom stereocenters. The summed E-state index contributed by atoms with van der Waals surface area (Å²) >= 11 is 0. The Kier molecular flexibility index (Phi) is 7.17. The molecule has 0 amide bonds.